The van der Waals surface area contributed by atoms with E-state index in [1.54, 1.807) is 9.80 Å². The minimum atomic E-state index is -0.00288. The quantitative estimate of drug-likeness (QED) is 0.619. The van der Waals surface area contributed by atoms with Crippen molar-refractivity contribution in [2.45, 2.75) is 18.9 Å². The fourth-order valence-electron chi connectivity index (χ4n) is 4.42. The van der Waals surface area contributed by atoms with Gasteiger partial charge in [0.15, 0.2) is 11.8 Å². The first-order valence-corrected chi connectivity index (χ1v) is 10.8. The van der Waals surface area contributed by atoms with E-state index in [0.29, 0.717) is 61.0 Å². The van der Waals surface area contributed by atoms with Crippen molar-refractivity contribution in [1.29, 1.82) is 5.26 Å². The lowest BCUT2D eigenvalue weighted by Gasteiger charge is -2.28. The van der Waals surface area contributed by atoms with Gasteiger partial charge in [-0.1, -0.05) is 12.1 Å². The van der Waals surface area contributed by atoms with Gasteiger partial charge in [-0.25, -0.2) is 14.6 Å². The summed E-state index contributed by atoms with van der Waals surface area (Å²) in [5, 5.41) is 14.9. The highest BCUT2D eigenvalue weighted by atomic mass is 16.5. The Hall–Kier alpha value is -3.71. The number of amides is 1. The Balaban J connectivity index is 1.50. The number of ether oxygens (including phenoxy) is 1. The molecular weight excluding hydrogens is 408 g/mol. The molecule has 2 aliphatic heterocycles. The highest BCUT2D eigenvalue weighted by Gasteiger charge is 2.26. The third-order valence-corrected chi connectivity index (χ3v) is 6.11. The van der Waals surface area contributed by atoms with Crippen LogP contribution in [0.1, 0.15) is 29.2 Å². The number of piperidine rings is 1. The SMILES string of the molecule is N#CN1CCCC(n2nc(-c3ccc(C(=O)N4CCOCC4)cc3)c3c(N)ncnc32)C1. The zero-order valence-corrected chi connectivity index (χ0v) is 17.6. The molecule has 3 aromatic rings. The number of nitriles is 1. The summed E-state index contributed by atoms with van der Waals surface area (Å²) in [6, 6.07) is 7.42. The van der Waals surface area contributed by atoms with Crippen molar-refractivity contribution >= 4 is 22.8 Å². The molecular formula is C22H24N8O2. The van der Waals surface area contributed by atoms with Gasteiger partial charge in [-0.15, -0.1) is 0 Å². The summed E-state index contributed by atoms with van der Waals surface area (Å²) in [5.41, 5.74) is 9.02. The average molecular weight is 432 g/mol. The Morgan fingerprint density at radius 1 is 1.16 bits per heavy atom. The molecule has 1 unspecified atom stereocenters. The first-order chi connectivity index (χ1) is 15.7. The topological polar surface area (TPSA) is 126 Å². The van der Waals surface area contributed by atoms with E-state index in [1.807, 2.05) is 28.9 Å². The normalized spacial score (nSPS) is 19.2. The number of rotatable bonds is 3. The van der Waals surface area contributed by atoms with Gasteiger partial charge in [-0.3, -0.25) is 4.79 Å². The number of hydrogen-bond donors (Lipinski definition) is 1. The number of morpholine rings is 1. The van der Waals surface area contributed by atoms with E-state index in [0.717, 1.165) is 24.9 Å². The molecule has 0 bridgehead atoms. The van der Waals surface area contributed by atoms with Crippen molar-refractivity contribution in [3.63, 3.8) is 0 Å². The van der Waals surface area contributed by atoms with Crippen molar-refractivity contribution in [2.75, 3.05) is 45.1 Å². The van der Waals surface area contributed by atoms with Crippen LogP contribution in [0.25, 0.3) is 22.3 Å². The second kappa shape index (κ2) is 8.43. The molecule has 0 aliphatic carbocycles. The Morgan fingerprint density at radius 3 is 2.69 bits per heavy atom. The molecule has 5 rings (SSSR count). The molecule has 2 fully saturated rings. The molecule has 1 atom stereocenters. The standard InChI is InChI=1S/C22H24N8O2/c23-13-28-7-1-2-17(12-28)30-21-18(20(24)25-14-26-21)19(27-30)15-3-5-16(6-4-15)22(31)29-8-10-32-11-9-29/h3-6,14,17H,1-2,7-12H2,(H2,24,25,26). The minimum absolute atomic E-state index is 0.00288. The number of anilines is 1. The van der Waals surface area contributed by atoms with E-state index >= 15 is 0 Å². The van der Waals surface area contributed by atoms with Gasteiger partial charge in [0.05, 0.1) is 31.2 Å². The van der Waals surface area contributed by atoms with Crippen LogP contribution in [0.4, 0.5) is 5.82 Å². The summed E-state index contributed by atoms with van der Waals surface area (Å²) in [7, 11) is 0. The first-order valence-electron chi connectivity index (χ1n) is 10.8. The highest BCUT2D eigenvalue weighted by molar-refractivity contribution is 5.99. The Bertz CT molecular complexity index is 1180. The zero-order valence-electron chi connectivity index (χ0n) is 17.6. The lowest BCUT2D eigenvalue weighted by Crippen LogP contribution is -2.40. The van der Waals surface area contributed by atoms with Gasteiger partial charge in [-0.05, 0) is 25.0 Å². The van der Waals surface area contributed by atoms with Gasteiger partial charge in [0.1, 0.15) is 17.8 Å². The minimum Gasteiger partial charge on any atom is -0.383 e. The number of nitrogens with two attached hydrogens (primary N) is 1. The molecule has 2 aliphatic rings. The molecule has 10 heteroatoms. The van der Waals surface area contributed by atoms with Gasteiger partial charge in [-0.2, -0.15) is 10.4 Å². The van der Waals surface area contributed by atoms with Crippen LogP contribution >= 0.6 is 0 Å². The van der Waals surface area contributed by atoms with Crippen molar-refractivity contribution in [1.82, 2.24) is 29.5 Å². The molecule has 2 N–H and O–H groups in total. The maximum atomic E-state index is 12.8. The molecule has 1 amide bonds. The summed E-state index contributed by atoms with van der Waals surface area (Å²) in [5.74, 6) is 0.356. The Kier molecular flexibility index (Phi) is 5.33. The summed E-state index contributed by atoms with van der Waals surface area (Å²) < 4.78 is 7.21. The van der Waals surface area contributed by atoms with E-state index in [2.05, 4.69) is 16.2 Å². The van der Waals surface area contributed by atoms with Crippen LogP contribution in [-0.4, -0.2) is 74.8 Å². The van der Waals surface area contributed by atoms with Crippen LogP contribution in [0.2, 0.25) is 0 Å². The maximum absolute atomic E-state index is 12.8. The summed E-state index contributed by atoms with van der Waals surface area (Å²) in [6.45, 7) is 3.68. The smallest absolute Gasteiger partial charge is 0.254 e. The maximum Gasteiger partial charge on any atom is 0.254 e. The third kappa shape index (κ3) is 3.61. The van der Waals surface area contributed by atoms with Crippen LogP contribution in [0, 0.1) is 11.5 Å². The summed E-state index contributed by atoms with van der Waals surface area (Å²) >= 11 is 0. The largest absolute Gasteiger partial charge is 0.383 e. The van der Waals surface area contributed by atoms with Crippen LogP contribution < -0.4 is 5.73 Å². The molecule has 1 aromatic carbocycles. The number of fused-ring (bicyclic) bond motifs is 1. The fraction of sp³-hybridized carbons (Fsp3) is 0.409. The second-order valence-electron chi connectivity index (χ2n) is 8.07. The number of carbonyl (C=O) groups is 1. The molecule has 0 radical (unpaired) electrons. The van der Waals surface area contributed by atoms with E-state index in [9.17, 15) is 10.1 Å². The molecule has 32 heavy (non-hydrogen) atoms. The fourth-order valence-corrected chi connectivity index (χ4v) is 4.42. The van der Waals surface area contributed by atoms with Crippen LogP contribution in [-0.2, 0) is 4.74 Å². The van der Waals surface area contributed by atoms with E-state index in [1.165, 1.54) is 6.33 Å². The van der Waals surface area contributed by atoms with E-state index < -0.39 is 0 Å². The second-order valence-corrected chi connectivity index (χ2v) is 8.07. The van der Waals surface area contributed by atoms with Crippen molar-refractivity contribution in [3.05, 3.63) is 36.2 Å². The van der Waals surface area contributed by atoms with E-state index in [-0.39, 0.29) is 11.9 Å². The van der Waals surface area contributed by atoms with Gasteiger partial charge in [0.2, 0.25) is 0 Å². The number of nitrogens with zero attached hydrogens (tertiary/aromatic N) is 7. The van der Waals surface area contributed by atoms with Crippen molar-refractivity contribution in [3.8, 4) is 17.5 Å². The van der Waals surface area contributed by atoms with Crippen LogP contribution in [0.3, 0.4) is 0 Å². The predicted molar refractivity (Wildman–Crippen MR) is 117 cm³/mol. The Morgan fingerprint density at radius 2 is 1.94 bits per heavy atom. The summed E-state index contributed by atoms with van der Waals surface area (Å²) in [4.78, 5) is 24.9. The molecule has 2 aromatic heterocycles. The number of aromatic nitrogens is 4. The molecule has 4 heterocycles. The zero-order chi connectivity index (χ0) is 22.1. The third-order valence-electron chi connectivity index (χ3n) is 6.11. The number of carbonyl (C=O) groups excluding carboxylic acids is 1. The average Bonchev–Trinajstić information content (AvgIpc) is 3.25. The predicted octanol–water partition coefficient (Wildman–Crippen LogP) is 1.67. The number of hydrogen-bond acceptors (Lipinski definition) is 8. The van der Waals surface area contributed by atoms with Gasteiger partial charge in [0.25, 0.3) is 5.91 Å². The molecule has 164 valence electrons. The lowest BCUT2D eigenvalue weighted by molar-refractivity contribution is 0.0303. The van der Waals surface area contributed by atoms with Crippen molar-refractivity contribution < 1.29 is 9.53 Å². The Labute approximate surface area is 185 Å². The number of nitrogen functional groups attached to an aromatic ring is 1. The van der Waals surface area contributed by atoms with E-state index in [4.69, 9.17) is 15.6 Å². The van der Waals surface area contributed by atoms with Gasteiger partial charge in [0, 0.05) is 30.8 Å². The number of likely N-dealkylation sites (tertiary alicyclic amines) is 1. The molecule has 10 nitrogen and oxygen atoms in total. The summed E-state index contributed by atoms with van der Waals surface area (Å²) in [6.07, 6.45) is 5.49. The van der Waals surface area contributed by atoms with Gasteiger partial charge < -0.3 is 20.3 Å². The first kappa shape index (κ1) is 20.2. The highest BCUT2D eigenvalue weighted by Crippen LogP contribution is 2.33. The van der Waals surface area contributed by atoms with Crippen molar-refractivity contribution in [2.24, 2.45) is 0 Å². The molecule has 0 saturated carbocycles. The van der Waals surface area contributed by atoms with Crippen LogP contribution in [0.5, 0.6) is 0 Å². The molecule has 2 saturated heterocycles. The van der Waals surface area contributed by atoms with Gasteiger partial charge >= 0.3 is 0 Å². The van der Waals surface area contributed by atoms with Crippen LogP contribution in [0.15, 0.2) is 30.6 Å². The monoisotopic (exact) mass is 432 g/mol. The molecule has 0 spiro atoms. The lowest BCUT2D eigenvalue weighted by atomic mass is 10.1. The number of benzene rings is 1.